The number of benzene rings is 2. The van der Waals surface area contributed by atoms with E-state index in [0.717, 1.165) is 4.47 Å². The quantitative estimate of drug-likeness (QED) is 0.470. The zero-order valence-electron chi connectivity index (χ0n) is 12.9. The molecular weight excluding hydrogens is 479 g/mol. The highest BCUT2D eigenvalue weighted by atomic mass is 79.9. The Balaban J connectivity index is 1.93. The number of aromatic hydroxyl groups is 1. The number of nitrogens with one attached hydrogen (secondary N) is 1. The second kappa shape index (κ2) is 9.07. The third kappa shape index (κ3) is 5.62. The van der Waals surface area contributed by atoms with Gasteiger partial charge in [0.25, 0.3) is 5.91 Å². The van der Waals surface area contributed by atoms with Gasteiger partial charge in [-0.1, -0.05) is 27.5 Å². The lowest BCUT2D eigenvalue weighted by Crippen LogP contribution is -2.24. The van der Waals surface area contributed by atoms with Crippen LogP contribution in [-0.2, 0) is 4.79 Å². The van der Waals surface area contributed by atoms with Crippen molar-refractivity contribution < 1.29 is 19.4 Å². The van der Waals surface area contributed by atoms with Gasteiger partial charge in [-0.2, -0.15) is 5.10 Å². The Labute approximate surface area is 166 Å². The maximum absolute atomic E-state index is 11.8. The fourth-order valence-corrected chi connectivity index (χ4v) is 2.97. The maximum Gasteiger partial charge on any atom is 0.277 e. The fourth-order valence-electron chi connectivity index (χ4n) is 1.79. The van der Waals surface area contributed by atoms with Crippen LogP contribution in [0.5, 0.6) is 17.2 Å². The van der Waals surface area contributed by atoms with Crippen LogP contribution in [0.2, 0.25) is 5.02 Å². The first kappa shape index (κ1) is 19.6. The van der Waals surface area contributed by atoms with Gasteiger partial charge in [-0.15, -0.1) is 0 Å². The summed E-state index contributed by atoms with van der Waals surface area (Å²) in [6.07, 6.45) is 1.28. The van der Waals surface area contributed by atoms with Crippen molar-refractivity contribution in [1.82, 2.24) is 5.43 Å². The monoisotopic (exact) mass is 490 g/mol. The van der Waals surface area contributed by atoms with Gasteiger partial charge in [0.2, 0.25) is 0 Å². The number of hydrogen-bond acceptors (Lipinski definition) is 5. The molecule has 9 heteroatoms. The first-order chi connectivity index (χ1) is 11.9. The minimum atomic E-state index is -0.471. The number of methoxy groups -OCH3 is 1. The van der Waals surface area contributed by atoms with Crippen molar-refractivity contribution in [2.45, 2.75) is 0 Å². The summed E-state index contributed by atoms with van der Waals surface area (Å²) in [5, 5.41) is 14.1. The summed E-state index contributed by atoms with van der Waals surface area (Å²) in [6.45, 7) is -0.249. The summed E-state index contributed by atoms with van der Waals surface area (Å²) in [4.78, 5) is 11.8. The van der Waals surface area contributed by atoms with E-state index in [1.165, 1.54) is 19.4 Å². The molecule has 0 aliphatic carbocycles. The van der Waals surface area contributed by atoms with Crippen LogP contribution < -0.4 is 14.9 Å². The number of amides is 1. The number of phenols is 1. The normalized spacial score (nSPS) is 10.7. The van der Waals surface area contributed by atoms with Gasteiger partial charge in [0.05, 0.1) is 17.8 Å². The van der Waals surface area contributed by atoms with Gasteiger partial charge in [-0.25, -0.2) is 5.43 Å². The Hall–Kier alpha value is -1.77. The highest BCUT2D eigenvalue weighted by Crippen LogP contribution is 2.31. The number of halogens is 3. The summed E-state index contributed by atoms with van der Waals surface area (Å²) in [5.41, 5.74) is 2.66. The third-order valence-corrected chi connectivity index (χ3v) is 4.25. The summed E-state index contributed by atoms with van der Waals surface area (Å²) in [6, 6.07) is 8.24. The highest BCUT2D eigenvalue weighted by molar-refractivity contribution is 9.10. The van der Waals surface area contributed by atoms with E-state index in [-0.39, 0.29) is 12.4 Å². The van der Waals surface area contributed by atoms with Crippen LogP contribution in [-0.4, -0.2) is 30.9 Å². The first-order valence-corrected chi connectivity index (χ1v) is 8.83. The smallest absolute Gasteiger partial charge is 0.277 e. The fraction of sp³-hybridized carbons (Fsp3) is 0.125. The van der Waals surface area contributed by atoms with Crippen LogP contribution in [0.3, 0.4) is 0 Å². The SMILES string of the molecule is COc1cc(Br)ccc1OCC(=O)N/N=C\c1cc(Cl)cc(Br)c1O. The Kier molecular flexibility index (Phi) is 7.10. The topological polar surface area (TPSA) is 80.2 Å². The zero-order valence-corrected chi connectivity index (χ0v) is 16.9. The second-order valence-electron chi connectivity index (χ2n) is 4.70. The molecule has 6 nitrogen and oxygen atoms in total. The molecule has 0 spiro atoms. The minimum absolute atomic E-state index is 0.0294. The number of hydrogen-bond donors (Lipinski definition) is 2. The molecule has 0 aromatic heterocycles. The molecule has 0 saturated heterocycles. The lowest BCUT2D eigenvalue weighted by Gasteiger charge is -2.10. The lowest BCUT2D eigenvalue weighted by atomic mass is 10.2. The van der Waals surface area contributed by atoms with Crippen LogP contribution in [0.1, 0.15) is 5.56 Å². The largest absolute Gasteiger partial charge is 0.506 e. The maximum atomic E-state index is 11.8. The molecule has 0 aliphatic rings. The Bertz CT molecular complexity index is 815. The van der Waals surface area contributed by atoms with Crippen molar-refractivity contribution >= 4 is 55.6 Å². The molecule has 1 amide bonds. The van der Waals surface area contributed by atoms with E-state index in [9.17, 15) is 9.90 Å². The molecule has 0 aliphatic heterocycles. The standard InChI is InChI=1S/C16H13Br2ClN2O4/c1-24-14-5-10(17)2-3-13(14)25-8-15(22)21-20-7-9-4-11(19)6-12(18)16(9)23/h2-7,23H,8H2,1H3,(H,21,22)/b20-7-. The lowest BCUT2D eigenvalue weighted by molar-refractivity contribution is -0.123. The molecule has 0 heterocycles. The minimum Gasteiger partial charge on any atom is -0.506 e. The van der Waals surface area contributed by atoms with Crippen LogP contribution in [0.25, 0.3) is 0 Å². The molecule has 0 bridgehead atoms. The van der Waals surface area contributed by atoms with Crippen molar-refractivity contribution in [2.75, 3.05) is 13.7 Å². The molecule has 132 valence electrons. The number of carbonyl (C=O) groups excluding carboxylic acids is 1. The van der Waals surface area contributed by atoms with Crippen LogP contribution in [0, 0.1) is 0 Å². The second-order valence-corrected chi connectivity index (χ2v) is 6.91. The van der Waals surface area contributed by atoms with Crippen LogP contribution in [0.15, 0.2) is 44.4 Å². The van der Waals surface area contributed by atoms with Crippen LogP contribution >= 0.6 is 43.5 Å². The van der Waals surface area contributed by atoms with E-state index in [1.807, 2.05) is 0 Å². The predicted molar refractivity (Wildman–Crippen MR) is 103 cm³/mol. The van der Waals surface area contributed by atoms with Gasteiger partial charge in [0.1, 0.15) is 5.75 Å². The summed E-state index contributed by atoms with van der Waals surface area (Å²) in [5.74, 6) is 0.431. The summed E-state index contributed by atoms with van der Waals surface area (Å²) in [7, 11) is 1.51. The molecule has 2 N–H and O–H groups in total. The van der Waals surface area contributed by atoms with Crippen molar-refractivity contribution in [3.63, 3.8) is 0 Å². The Morgan fingerprint density at radius 2 is 2.08 bits per heavy atom. The van der Waals surface area contributed by atoms with E-state index >= 15 is 0 Å². The van der Waals surface area contributed by atoms with E-state index in [1.54, 1.807) is 24.3 Å². The van der Waals surface area contributed by atoms with Gasteiger partial charge in [-0.05, 0) is 46.3 Å². The Morgan fingerprint density at radius 1 is 1.32 bits per heavy atom. The molecule has 2 aromatic rings. The number of ether oxygens (including phenoxy) is 2. The van der Waals surface area contributed by atoms with Crippen molar-refractivity contribution in [2.24, 2.45) is 5.10 Å². The molecule has 0 atom stereocenters. The zero-order chi connectivity index (χ0) is 18.4. The number of carbonyl (C=O) groups is 1. The molecule has 0 radical (unpaired) electrons. The van der Waals surface area contributed by atoms with Crippen molar-refractivity contribution in [3.8, 4) is 17.2 Å². The van der Waals surface area contributed by atoms with Gasteiger partial charge in [0, 0.05) is 15.1 Å². The van der Waals surface area contributed by atoms with Crippen molar-refractivity contribution in [1.29, 1.82) is 0 Å². The van der Waals surface area contributed by atoms with Gasteiger partial charge < -0.3 is 14.6 Å². The summed E-state index contributed by atoms with van der Waals surface area (Å²) >= 11 is 12.4. The van der Waals surface area contributed by atoms with E-state index in [0.29, 0.717) is 26.6 Å². The molecule has 0 unspecified atom stereocenters. The summed E-state index contributed by atoms with van der Waals surface area (Å²) < 4.78 is 11.8. The van der Waals surface area contributed by atoms with Crippen molar-refractivity contribution in [3.05, 3.63) is 49.9 Å². The number of phenolic OH excluding ortho intramolecular Hbond substituents is 1. The molecular formula is C16H13Br2ClN2O4. The number of hydrazone groups is 1. The average Bonchev–Trinajstić information content (AvgIpc) is 2.57. The molecule has 2 rings (SSSR count). The van der Waals surface area contributed by atoms with E-state index < -0.39 is 5.91 Å². The first-order valence-electron chi connectivity index (χ1n) is 6.87. The highest BCUT2D eigenvalue weighted by Gasteiger charge is 2.08. The Morgan fingerprint density at radius 3 is 2.80 bits per heavy atom. The van der Waals surface area contributed by atoms with Crippen LogP contribution in [0.4, 0.5) is 0 Å². The molecule has 0 saturated carbocycles. The molecule has 0 fully saturated rings. The predicted octanol–water partition coefficient (Wildman–Crippen LogP) is 4.11. The van der Waals surface area contributed by atoms with E-state index in [2.05, 4.69) is 42.4 Å². The average molecular weight is 493 g/mol. The third-order valence-electron chi connectivity index (χ3n) is 2.93. The number of rotatable bonds is 6. The molecule has 25 heavy (non-hydrogen) atoms. The number of nitrogens with zero attached hydrogens (tertiary/aromatic N) is 1. The van der Waals surface area contributed by atoms with Gasteiger partial charge in [0.15, 0.2) is 18.1 Å². The van der Waals surface area contributed by atoms with Gasteiger partial charge in [-0.3, -0.25) is 4.79 Å². The van der Waals surface area contributed by atoms with Gasteiger partial charge >= 0.3 is 0 Å². The van der Waals surface area contributed by atoms with E-state index in [4.69, 9.17) is 21.1 Å². The molecule has 2 aromatic carbocycles.